The molecule has 0 aromatic heterocycles. The first kappa shape index (κ1) is 38.0. The summed E-state index contributed by atoms with van der Waals surface area (Å²) < 4.78 is 0. The number of amides is 1. The Labute approximate surface area is 214 Å². The Balaban J connectivity index is -0.000000404. The lowest BCUT2D eigenvalue weighted by Crippen LogP contribution is -2.29. The highest BCUT2D eigenvalue weighted by Gasteiger charge is 2.09. The number of carbonyl (C=O) groups is 4. The van der Waals surface area contributed by atoms with E-state index in [1.807, 2.05) is 0 Å². The zero-order valence-corrected chi connectivity index (χ0v) is 21.5. The van der Waals surface area contributed by atoms with Crippen LogP contribution >= 0.6 is 0 Å². The molecule has 212 valence electrons. The van der Waals surface area contributed by atoms with Crippen molar-refractivity contribution in [2.75, 3.05) is 26.2 Å². The van der Waals surface area contributed by atoms with Crippen molar-refractivity contribution in [3.63, 3.8) is 0 Å². The number of carboxylic acid groups (broad SMARTS) is 3. The van der Waals surface area contributed by atoms with E-state index in [1.165, 1.54) is 6.42 Å². The van der Waals surface area contributed by atoms with Crippen LogP contribution in [0.1, 0.15) is 83.5 Å². The minimum atomic E-state index is -0.933. The molecule has 1 amide bonds. The van der Waals surface area contributed by atoms with E-state index in [0.29, 0.717) is 26.1 Å². The predicted molar refractivity (Wildman–Crippen MR) is 140 cm³/mol. The summed E-state index contributed by atoms with van der Waals surface area (Å²) in [5, 5.41) is 27.4. The molecule has 36 heavy (non-hydrogen) atoms. The molecular formula is C24H49N5O7. The molecule has 1 aliphatic rings. The standard InChI is InChI=1S/C6H14N2O2.C6H13NO2.C6H11NO2.C6H11NO/c7-4-2-1-3-5(8)6(9)10;2*7-5-3-1-2-4-6(8)9;8-6-4-2-1-3-5-7-6/h5H,1-4,7-8H2,(H,9,10);1-5,7H2,(H,8,9);2,4H,1,3,5,7H2,(H,8,9);1-5H2,(H,7,8)/t5-;;;/m0.../s1. The van der Waals surface area contributed by atoms with E-state index in [0.717, 1.165) is 76.8 Å². The number of carbonyl (C=O) groups excluding carboxylic acids is 1. The smallest absolute Gasteiger partial charge is 0.327 e. The predicted octanol–water partition coefficient (Wildman–Crippen LogP) is 1.16. The summed E-state index contributed by atoms with van der Waals surface area (Å²) in [4.78, 5) is 40.5. The molecule has 1 rings (SSSR count). The maximum atomic E-state index is 10.6. The van der Waals surface area contributed by atoms with Crippen molar-refractivity contribution >= 4 is 23.8 Å². The van der Waals surface area contributed by atoms with E-state index in [4.69, 9.17) is 38.3 Å². The van der Waals surface area contributed by atoms with Crippen molar-refractivity contribution in [3.05, 3.63) is 12.2 Å². The molecule has 0 aliphatic carbocycles. The largest absolute Gasteiger partial charge is 0.481 e. The Morgan fingerprint density at radius 3 is 2.00 bits per heavy atom. The molecule has 12 N–H and O–H groups in total. The first-order chi connectivity index (χ1) is 17.1. The van der Waals surface area contributed by atoms with Crippen LogP contribution in [-0.2, 0) is 19.2 Å². The zero-order chi connectivity index (χ0) is 28.0. The van der Waals surface area contributed by atoms with Crippen LogP contribution in [0.3, 0.4) is 0 Å². The minimum Gasteiger partial charge on any atom is -0.481 e. The highest BCUT2D eigenvalue weighted by atomic mass is 16.4. The molecule has 1 atom stereocenters. The number of hydrogen-bond donors (Lipinski definition) is 8. The van der Waals surface area contributed by atoms with Crippen molar-refractivity contribution in [2.24, 2.45) is 22.9 Å². The Hall–Kier alpha value is -2.54. The quantitative estimate of drug-likeness (QED) is 0.119. The summed E-state index contributed by atoms with van der Waals surface area (Å²) in [5.74, 6) is -2.32. The van der Waals surface area contributed by atoms with Gasteiger partial charge < -0.3 is 43.6 Å². The number of rotatable bonds is 14. The molecule has 0 aromatic carbocycles. The summed E-state index contributed by atoms with van der Waals surface area (Å²) in [6.07, 6.45) is 13.6. The van der Waals surface area contributed by atoms with Gasteiger partial charge in [-0.3, -0.25) is 14.4 Å². The SMILES string of the molecule is NCCCC=CC(=O)O.NCCCCCC(=O)O.NCCCC[C@H](N)C(=O)O.O=C1CCCCCN1. The van der Waals surface area contributed by atoms with Crippen LogP contribution in [0, 0.1) is 0 Å². The molecule has 1 aliphatic heterocycles. The van der Waals surface area contributed by atoms with Gasteiger partial charge in [0.25, 0.3) is 0 Å². The van der Waals surface area contributed by atoms with Gasteiger partial charge in [-0.15, -0.1) is 0 Å². The molecule has 0 saturated carbocycles. The van der Waals surface area contributed by atoms with Crippen molar-refractivity contribution < 1.29 is 34.5 Å². The normalized spacial score (nSPS) is 13.4. The topological polar surface area (TPSA) is 245 Å². The van der Waals surface area contributed by atoms with Gasteiger partial charge in [-0.05, 0) is 71.0 Å². The summed E-state index contributed by atoms with van der Waals surface area (Å²) in [7, 11) is 0. The number of nitrogens with two attached hydrogens (primary N) is 4. The van der Waals surface area contributed by atoms with Crippen LogP contribution in [0.5, 0.6) is 0 Å². The molecule has 0 bridgehead atoms. The van der Waals surface area contributed by atoms with E-state index >= 15 is 0 Å². The van der Waals surface area contributed by atoms with Crippen LogP contribution in [0.25, 0.3) is 0 Å². The summed E-state index contributed by atoms with van der Waals surface area (Å²) >= 11 is 0. The lowest BCUT2D eigenvalue weighted by molar-refractivity contribution is -0.139. The van der Waals surface area contributed by atoms with E-state index in [2.05, 4.69) is 5.32 Å². The Bertz CT molecular complexity index is 579. The maximum absolute atomic E-state index is 10.6. The third-order valence-electron chi connectivity index (χ3n) is 4.62. The van der Waals surface area contributed by atoms with E-state index in [-0.39, 0.29) is 12.3 Å². The highest BCUT2D eigenvalue weighted by Crippen LogP contribution is 2.02. The monoisotopic (exact) mass is 519 g/mol. The van der Waals surface area contributed by atoms with Crippen LogP contribution in [0.15, 0.2) is 12.2 Å². The fraction of sp³-hybridized carbons (Fsp3) is 0.750. The lowest BCUT2D eigenvalue weighted by atomic mass is 10.1. The van der Waals surface area contributed by atoms with Gasteiger partial charge in [0.2, 0.25) is 5.91 Å². The molecule has 0 radical (unpaired) electrons. The van der Waals surface area contributed by atoms with Crippen molar-refractivity contribution in [3.8, 4) is 0 Å². The molecule has 12 nitrogen and oxygen atoms in total. The highest BCUT2D eigenvalue weighted by molar-refractivity contribution is 5.79. The van der Waals surface area contributed by atoms with Crippen molar-refractivity contribution in [1.82, 2.24) is 5.32 Å². The van der Waals surface area contributed by atoms with Gasteiger partial charge >= 0.3 is 17.9 Å². The number of allylic oxidation sites excluding steroid dienone is 1. The Morgan fingerprint density at radius 1 is 0.861 bits per heavy atom. The van der Waals surface area contributed by atoms with Crippen LogP contribution in [0.4, 0.5) is 0 Å². The van der Waals surface area contributed by atoms with Crippen LogP contribution in [0.2, 0.25) is 0 Å². The Morgan fingerprint density at radius 2 is 1.47 bits per heavy atom. The first-order valence-corrected chi connectivity index (χ1v) is 12.6. The van der Waals surface area contributed by atoms with Gasteiger partial charge in [0.15, 0.2) is 0 Å². The molecule has 0 unspecified atom stereocenters. The molecule has 0 aromatic rings. The molecule has 0 spiro atoms. The van der Waals surface area contributed by atoms with E-state index in [9.17, 15) is 19.2 Å². The number of nitrogens with one attached hydrogen (secondary N) is 1. The Kier molecular flexibility index (Phi) is 32.2. The van der Waals surface area contributed by atoms with Crippen LogP contribution in [-0.4, -0.2) is 71.4 Å². The first-order valence-electron chi connectivity index (χ1n) is 12.6. The second kappa shape index (κ2) is 30.5. The van der Waals surface area contributed by atoms with Gasteiger partial charge in [0.1, 0.15) is 6.04 Å². The average Bonchev–Trinajstić information content (AvgIpc) is 3.08. The van der Waals surface area contributed by atoms with Crippen molar-refractivity contribution in [1.29, 1.82) is 0 Å². The average molecular weight is 520 g/mol. The number of carboxylic acids is 3. The third kappa shape index (κ3) is 38.7. The second-order valence-electron chi connectivity index (χ2n) is 8.05. The molecule has 1 saturated heterocycles. The summed E-state index contributed by atoms with van der Waals surface area (Å²) in [6, 6.07) is -0.716. The van der Waals surface area contributed by atoms with Gasteiger partial charge in [0.05, 0.1) is 0 Å². The van der Waals surface area contributed by atoms with Crippen molar-refractivity contribution in [2.45, 2.75) is 89.5 Å². The number of unbranched alkanes of at least 4 members (excludes halogenated alkanes) is 4. The van der Waals surface area contributed by atoms with E-state index < -0.39 is 23.9 Å². The fourth-order valence-electron chi connectivity index (χ4n) is 2.55. The van der Waals surface area contributed by atoms with Crippen LogP contribution < -0.4 is 28.3 Å². The summed E-state index contributed by atoms with van der Waals surface area (Å²) in [6.45, 7) is 2.77. The molecule has 1 fully saturated rings. The van der Waals surface area contributed by atoms with Gasteiger partial charge in [-0.25, -0.2) is 4.79 Å². The number of hydrogen-bond acceptors (Lipinski definition) is 8. The van der Waals surface area contributed by atoms with Gasteiger partial charge in [0, 0.05) is 25.5 Å². The van der Waals surface area contributed by atoms with Gasteiger partial charge in [-0.2, -0.15) is 0 Å². The fourth-order valence-corrected chi connectivity index (χ4v) is 2.55. The van der Waals surface area contributed by atoms with Gasteiger partial charge in [-0.1, -0.05) is 25.3 Å². The minimum absolute atomic E-state index is 0.225. The third-order valence-corrected chi connectivity index (χ3v) is 4.62. The number of aliphatic carboxylic acids is 3. The molecule has 1 heterocycles. The molecular weight excluding hydrogens is 470 g/mol. The summed E-state index contributed by atoms with van der Waals surface area (Å²) in [5.41, 5.74) is 20.8. The maximum Gasteiger partial charge on any atom is 0.327 e. The van der Waals surface area contributed by atoms with E-state index in [1.54, 1.807) is 6.08 Å². The second-order valence-corrected chi connectivity index (χ2v) is 8.05. The lowest BCUT2D eigenvalue weighted by Gasteiger charge is -2.03. The molecule has 12 heteroatoms. The zero-order valence-electron chi connectivity index (χ0n) is 21.5.